The van der Waals surface area contributed by atoms with Gasteiger partial charge in [-0.3, -0.25) is 4.55 Å². The molecule has 1 aliphatic carbocycles. The van der Waals surface area contributed by atoms with E-state index in [1.807, 2.05) is 85.3 Å². The molecule has 0 radical (unpaired) electrons. The Kier molecular flexibility index (Phi) is 7.83. The van der Waals surface area contributed by atoms with Crippen LogP contribution in [0.4, 0.5) is 17.1 Å². The van der Waals surface area contributed by atoms with Gasteiger partial charge in [0.25, 0.3) is 10.1 Å². The highest BCUT2D eigenvalue weighted by molar-refractivity contribution is 7.98. The monoisotopic (exact) mass is 610 g/mol. The van der Waals surface area contributed by atoms with Gasteiger partial charge in [-0.25, -0.2) is 4.99 Å². The van der Waals surface area contributed by atoms with Crippen molar-refractivity contribution in [2.75, 3.05) is 17.8 Å². The first-order valence-corrected chi connectivity index (χ1v) is 16.9. The van der Waals surface area contributed by atoms with Gasteiger partial charge in [-0.1, -0.05) is 18.2 Å². The third-order valence-electron chi connectivity index (χ3n) is 6.85. The summed E-state index contributed by atoms with van der Waals surface area (Å²) in [6.07, 6.45) is 4.07. The van der Waals surface area contributed by atoms with Gasteiger partial charge in [-0.15, -0.1) is 23.5 Å². The Morgan fingerprint density at radius 2 is 1.40 bits per heavy atom. The van der Waals surface area contributed by atoms with E-state index in [0.717, 1.165) is 22.0 Å². The van der Waals surface area contributed by atoms with Crippen molar-refractivity contribution in [3.63, 3.8) is 0 Å². The van der Waals surface area contributed by atoms with E-state index >= 15 is 0 Å². The molecule has 0 saturated carbocycles. The van der Waals surface area contributed by atoms with E-state index in [-0.39, 0.29) is 4.90 Å². The molecule has 210 valence electrons. The average molecular weight is 611 g/mol. The van der Waals surface area contributed by atoms with Crippen molar-refractivity contribution in [1.29, 1.82) is 0 Å². The summed E-state index contributed by atoms with van der Waals surface area (Å²) in [5, 5.41) is 4.82. The zero-order chi connectivity index (χ0) is 29.3. The summed E-state index contributed by atoms with van der Waals surface area (Å²) >= 11 is 3.35. The molecule has 0 amide bonds. The van der Waals surface area contributed by atoms with Crippen molar-refractivity contribution in [2.45, 2.75) is 14.7 Å². The van der Waals surface area contributed by atoms with Crippen LogP contribution >= 0.6 is 23.5 Å². The molecule has 0 atom stereocenters. The maximum absolute atomic E-state index is 12.4. The van der Waals surface area contributed by atoms with Crippen LogP contribution in [0.5, 0.6) is 0 Å². The molecule has 0 saturated heterocycles. The second kappa shape index (κ2) is 11.7. The first-order chi connectivity index (χ1) is 20.3. The van der Waals surface area contributed by atoms with Gasteiger partial charge in [-0.05, 0) is 91.4 Å². The molecule has 6 rings (SSSR count). The Bertz CT molecular complexity index is 2050. The molecule has 6 nitrogen and oxygen atoms in total. The van der Waals surface area contributed by atoms with E-state index in [0.29, 0.717) is 38.8 Å². The topological polar surface area (TPSA) is 91.9 Å². The third kappa shape index (κ3) is 5.82. The molecule has 0 bridgehead atoms. The van der Waals surface area contributed by atoms with Gasteiger partial charge < -0.3 is 9.73 Å². The van der Waals surface area contributed by atoms with Gasteiger partial charge in [0.15, 0.2) is 0 Å². The zero-order valence-electron chi connectivity index (χ0n) is 22.7. The molecule has 4 aromatic rings. The first-order valence-electron chi connectivity index (χ1n) is 13.0. The van der Waals surface area contributed by atoms with Crippen LogP contribution in [0.15, 0.2) is 133 Å². The highest BCUT2D eigenvalue weighted by Gasteiger charge is 2.23. The fraction of sp³-hybridized carbons (Fsp3) is 0.0606. The van der Waals surface area contributed by atoms with E-state index < -0.39 is 10.1 Å². The zero-order valence-corrected chi connectivity index (χ0v) is 25.2. The molecule has 4 aromatic carbocycles. The summed E-state index contributed by atoms with van der Waals surface area (Å²) in [6, 6.07) is 33.9. The number of anilines is 2. The predicted molar refractivity (Wildman–Crippen MR) is 173 cm³/mol. The summed E-state index contributed by atoms with van der Waals surface area (Å²) < 4.78 is 41.4. The van der Waals surface area contributed by atoms with Crippen molar-refractivity contribution in [3.8, 4) is 22.5 Å². The number of hydrogen-bond donors (Lipinski definition) is 2. The lowest BCUT2D eigenvalue weighted by Crippen LogP contribution is -2.04. The highest BCUT2D eigenvalue weighted by Crippen LogP contribution is 2.43. The molecule has 0 aromatic heterocycles. The maximum Gasteiger partial charge on any atom is 0.295 e. The summed E-state index contributed by atoms with van der Waals surface area (Å²) in [4.78, 5) is 6.93. The van der Waals surface area contributed by atoms with Crippen molar-refractivity contribution in [2.24, 2.45) is 4.99 Å². The molecule has 0 unspecified atom stereocenters. The van der Waals surface area contributed by atoms with Gasteiger partial charge in [0.1, 0.15) is 16.2 Å². The molecule has 0 spiro atoms. The van der Waals surface area contributed by atoms with E-state index in [2.05, 4.69) is 17.4 Å². The van der Waals surface area contributed by atoms with E-state index in [1.54, 1.807) is 41.7 Å². The van der Waals surface area contributed by atoms with Crippen molar-refractivity contribution < 1.29 is 17.4 Å². The number of rotatable bonds is 7. The van der Waals surface area contributed by atoms with Gasteiger partial charge in [0.2, 0.25) is 0 Å². The Morgan fingerprint density at radius 3 is 2.10 bits per heavy atom. The van der Waals surface area contributed by atoms with E-state index in [1.165, 1.54) is 11.0 Å². The van der Waals surface area contributed by atoms with Crippen LogP contribution in [0.1, 0.15) is 0 Å². The molecule has 0 fully saturated rings. The van der Waals surface area contributed by atoms with Gasteiger partial charge in [-0.2, -0.15) is 8.42 Å². The lowest BCUT2D eigenvalue weighted by molar-refractivity contribution is 0.483. The molecule has 1 heterocycles. The van der Waals surface area contributed by atoms with Crippen LogP contribution in [-0.4, -0.2) is 25.5 Å². The van der Waals surface area contributed by atoms with Crippen LogP contribution in [0.3, 0.4) is 0 Å². The minimum atomic E-state index is -4.49. The van der Waals surface area contributed by atoms with E-state index in [9.17, 15) is 13.0 Å². The highest BCUT2D eigenvalue weighted by atomic mass is 32.2. The Morgan fingerprint density at radius 1 is 0.738 bits per heavy atom. The Balaban J connectivity index is 1.56. The predicted octanol–water partition coefficient (Wildman–Crippen LogP) is 8.87. The second-order valence-corrected chi connectivity index (χ2v) is 12.7. The van der Waals surface area contributed by atoms with Gasteiger partial charge in [0.05, 0.1) is 11.0 Å². The minimum absolute atomic E-state index is 0.169. The van der Waals surface area contributed by atoms with Crippen LogP contribution < -0.4 is 10.7 Å². The standard InChI is InChI=1S/C33H26N2O4S3/c1-40-25-13-7-21(8-14-25)34-23-11-17-27-30(19-23)39-31-20-24(35-22-9-15-26(41-2)16-10-22)12-18-28(31)33(27)29-5-3-4-6-32(29)42(36,37)38/h3-20,34H,1-2H3,(H,36,37,38)/b35-24+. The molecule has 9 heteroatoms. The summed E-state index contributed by atoms with van der Waals surface area (Å²) in [7, 11) is -4.49. The third-order valence-corrected chi connectivity index (χ3v) is 9.25. The van der Waals surface area contributed by atoms with E-state index in [4.69, 9.17) is 9.41 Å². The summed E-state index contributed by atoms with van der Waals surface area (Å²) in [5.41, 5.74) is 4.83. The minimum Gasteiger partial charge on any atom is -0.456 e. The average Bonchev–Trinajstić information content (AvgIpc) is 3.00. The van der Waals surface area contributed by atoms with Crippen molar-refractivity contribution in [1.82, 2.24) is 0 Å². The molecule has 2 aliphatic rings. The number of fused-ring (bicyclic) bond motifs is 2. The number of nitrogens with one attached hydrogen (secondary N) is 1. The Labute approximate surface area is 252 Å². The second-order valence-electron chi connectivity index (χ2n) is 9.50. The number of benzene rings is 5. The van der Waals surface area contributed by atoms with Crippen LogP contribution in [0.25, 0.3) is 33.4 Å². The summed E-state index contributed by atoms with van der Waals surface area (Å²) in [5.74, 6) is 0.533. The molecular formula is C33H26N2O4S3. The molecular weight excluding hydrogens is 585 g/mol. The SMILES string of the molecule is CSc1ccc(/N=c2\ccc3c(-c4ccccc4S(=O)(=O)O)c4ccc(Nc5ccc(SC)cc5)cc4oc-3c2)cc1. The lowest BCUT2D eigenvalue weighted by Gasteiger charge is -2.18. The maximum atomic E-state index is 12.4. The molecule has 2 N–H and O–H groups in total. The number of thioether (sulfide) groups is 2. The smallest absolute Gasteiger partial charge is 0.295 e. The molecule has 42 heavy (non-hydrogen) atoms. The number of nitrogens with zero attached hydrogens (tertiary/aromatic N) is 1. The Hall–Kier alpha value is -4.02. The summed E-state index contributed by atoms with van der Waals surface area (Å²) in [6.45, 7) is 0. The number of hydrogen-bond acceptors (Lipinski definition) is 7. The quantitative estimate of drug-likeness (QED) is 0.106. The van der Waals surface area contributed by atoms with Crippen LogP contribution in [0.2, 0.25) is 0 Å². The normalized spacial score (nSPS) is 12.2. The van der Waals surface area contributed by atoms with Crippen molar-refractivity contribution in [3.05, 3.63) is 115 Å². The first kappa shape index (κ1) is 28.1. The largest absolute Gasteiger partial charge is 0.456 e. The van der Waals surface area contributed by atoms with Gasteiger partial charge in [0, 0.05) is 55.4 Å². The van der Waals surface area contributed by atoms with Crippen molar-refractivity contribution >= 4 is 61.7 Å². The van der Waals surface area contributed by atoms with Crippen LogP contribution in [0, 0.1) is 0 Å². The molecule has 1 aliphatic heterocycles. The van der Waals surface area contributed by atoms with Crippen LogP contribution in [-0.2, 0) is 10.1 Å². The fourth-order valence-corrected chi connectivity index (χ4v) is 6.38. The van der Waals surface area contributed by atoms with Gasteiger partial charge >= 0.3 is 0 Å². The lowest BCUT2D eigenvalue weighted by atomic mass is 9.93. The fourth-order valence-electron chi connectivity index (χ4n) is 4.86.